The van der Waals surface area contributed by atoms with Gasteiger partial charge in [0.05, 0.1) is 13.0 Å². The second-order valence-corrected chi connectivity index (χ2v) is 7.44. The Balaban J connectivity index is 1.34. The number of primary amides is 1. The molecule has 2 fully saturated rings. The number of likely N-dealkylation sites (tertiary alicyclic amines) is 1. The maximum Gasteiger partial charge on any atom is 0.236 e. The van der Waals surface area contributed by atoms with E-state index in [1.807, 2.05) is 23.1 Å². The summed E-state index contributed by atoms with van der Waals surface area (Å²) in [7, 11) is 0. The molecule has 8 heteroatoms. The number of carbonyl (C=O) groups is 3. The van der Waals surface area contributed by atoms with Crippen LogP contribution in [-0.2, 0) is 20.8 Å². The highest BCUT2D eigenvalue weighted by Crippen LogP contribution is 2.45. The van der Waals surface area contributed by atoms with E-state index in [-0.39, 0.29) is 37.0 Å². The van der Waals surface area contributed by atoms with E-state index in [2.05, 4.69) is 5.32 Å². The molecule has 3 aliphatic rings. The van der Waals surface area contributed by atoms with Crippen LogP contribution >= 0.6 is 0 Å². The Hall–Kier alpha value is -2.77. The molecule has 0 aromatic heterocycles. The molecule has 4 rings (SSSR count). The van der Waals surface area contributed by atoms with Crippen LogP contribution in [0.25, 0.3) is 0 Å². The maximum absolute atomic E-state index is 12.7. The van der Waals surface area contributed by atoms with Crippen LogP contribution in [0, 0.1) is 17.8 Å². The Morgan fingerprint density at radius 1 is 1.22 bits per heavy atom. The molecule has 144 valence electrons. The van der Waals surface area contributed by atoms with Crippen LogP contribution in [0.15, 0.2) is 18.2 Å². The van der Waals surface area contributed by atoms with Gasteiger partial charge in [-0.15, -0.1) is 0 Å². The minimum Gasteiger partial charge on any atom is -0.454 e. The molecule has 8 nitrogen and oxygen atoms in total. The predicted molar refractivity (Wildman–Crippen MR) is 94.8 cm³/mol. The molecule has 1 saturated carbocycles. The van der Waals surface area contributed by atoms with Crippen LogP contribution in [0.3, 0.4) is 0 Å². The van der Waals surface area contributed by atoms with Crippen molar-refractivity contribution < 1.29 is 23.9 Å². The third-order valence-electron chi connectivity index (χ3n) is 5.80. The zero-order chi connectivity index (χ0) is 19.0. The normalized spacial score (nSPS) is 25.3. The van der Waals surface area contributed by atoms with E-state index in [1.165, 1.54) is 0 Å². The van der Waals surface area contributed by atoms with Gasteiger partial charge in [0, 0.05) is 19.0 Å². The molecule has 2 heterocycles. The first-order valence-electron chi connectivity index (χ1n) is 9.23. The summed E-state index contributed by atoms with van der Waals surface area (Å²) in [6, 6.07) is 5.54. The van der Waals surface area contributed by atoms with Gasteiger partial charge >= 0.3 is 0 Å². The largest absolute Gasteiger partial charge is 0.454 e. The number of ether oxygens (including phenoxy) is 2. The highest BCUT2D eigenvalue weighted by atomic mass is 16.7. The first-order valence-corrected chi connectivity index (χ1v) is 9.23. The van der Waals surface area contributed by atoms with Crippen molar-refractivity contribution in [1.82, 2.24) is 10.2 Å². The summed E-state index contributed by atoms with van der Waals surface area (Å²) in [6.45, 7) is 1.38. The fourth-order valence-electron chi connectivity index (χ4n) is 4.25. The van der Waals surface area contributed by atoms with Gasteiger partial charge in [0.1, 0.15) is 0 Å². The van der Waals surface area contributed by atoms with Crippen molar-refractivity contribution in [3.8, 4) is 11.5 Å². The standard InChI is InChI=1S/C19H23N3O5/c20-17(23)8-21-19(25)13-7-12-3-4-22(9-14(12)13)18(24)6-11-1-2-15-16(5-11)27-10-26-15/h1-2,5,12-14H,3-4,6-10H2,(H2,20,23)(H,21,25)/t12-,13-,14-/m1/s1. The zero-order valence-electron chi connectivity index (χ0n) is 15.0. The molecule has 0 radical (unpaired) electrons. The van der Waals surface area contributed by atoms with Crippen LogP contribution in [0.4, 0.5) is 0 Å². The molecule has 2 aliphatic heterocycles. The number of rotatable bonds is 5. The Morgan fingerprint density at radius 2 is 2.04 bits per heavy atom. The van der Waals surface area contributed by atoms with Gasteiger partial charge in [0.15, 0.2) is 11.5 Å². The summed E-state index contributed by atoms with van der Waals surface area (Å²) in [6.07, 6.45) is 2.03. The third kappa shape index (κ3) is 3.56. The van der Waals surface area contributed by atoms with E-state index in [4.69, 9.17) is 15.2 Å². The Bertz CT molecular complexity index is 781. The van der Waals surface area contributed by atoms with Gasteiger partial charge in [-0.25, -0.2) is 0 Å². The molecule has 0 spiro atoms. The van der Waals surface area contributed by atoms with Crippen LogP contribution in [-0.4, -0.2) is 49.0 Å². The number of amides is 3. The number of hydrogen-bond donors (Lipinski definition) is 2. The lowest BCUT2D eigenvalue weighted by Crippen LogP contribution is -2.56. The lowest BCUT2D eigenvalue weighted by atomic mass is 9.61. The highest BCUT2D eigenvalue weighted by molar-refractivity contribution is 5.86. The second-order valence-electron chi connectivity index (χ2n) is 7.44. The number of hydrogen-bond acceptors (Lipinski definition) is 5. The second kappa shape index (κ2) is 7.09. The molecular weight excluding hydrogens is 350 g/mol. The fraction of sp³-hybridized carbons (Fsp3) is 0.526. The van der Waals surface area contributed by atoms with Gasteiger partial charge in [0.2, 0.25) is 24.5 Å². The van der Waals surface area contributed by atoms with Crippen molar-refractivity contribution in [2.75, 3.05) is 26.4 Å². The predicted octanol–water partition coefficient (Wildman–Crippen LogP) is 0.0439. The molecule has 1 aromatic rings. The number of nitrogens with two attached hydrogens (primary N) is 1. The quantitative estimate of drug-likeness (QED) is 0.757. The molecule has 3 amide bonds. The van der Waals surface area contributed by atoms with Crippen molar-refractivity contribution in [3.05, 3.63) is 23.8 Å². The van der Waals surface area contributed by atoms with Gasteiger partial charge < -0.3 is 25.4 Å². The van der Waals surface area contributed by atoms with E-state index in [1.54, 1.807) is 0 Å². The zero-order valence-corrected chi connectivity index (χ0v) is 15.0. The monoisotopic (exact) mass is 373 g/mol. The first-order chi connectivity index (χ1) is 13.0. The van der Waals surface area contributed by atoms with Crippen molar-refractivity contribution in [2.45, 2.75) is 19.3 Å². The molecule has 3 N–H and O–H groups in total. The Labute approximate surface area is 157 Å². The molecule has 1 saturated heterocycles. The van der Waals surface area contributed by atoms with Gasteiger partial charge in [-0.2, -0.15) is 0 Å². The molecule has 3 atom stereocenters. The first kappa shape index (κ1) is 17.6. The summed E-state index contributed by atoms with van der Waals surface area (Å²) in [5.41, 5.74) is 5.96. The summed E-state index contributed by atoms with van der Waals surface area (Å²) in [5.74, 6) is 1.22. The molecule has 27 heavy (non-hydrogen) atoms. The van der Waals surface area contributed by atoms with E-state index in [0.717, 1.165) is 24.9 Å². The van der Waals surface area contributed by atoms with Gasteiger partial charge in [-0.05, 0) is 42.4 Å². The van der Waals surface area contributed by atoms with Gasteiger partial charge in [0.25, 0.3) is 0 Å². The van der Waals surface area contributed by atoms with Crippen LogP contribution in [0.2, 0.25) is 0 Å². The molecular formula is C19H23N3O5. The van der Waals surface area contributed by atoms with Crippen LogP contribution in [0.1, 0.15) is 18.4 Å². The van der Waals surface area contributed by atoms with Gasteiger partial charge in [-0.1, -0.05) is 6.07 Å². The number of carbonyl (C=O) groups excluding carboxylic acids is 3. The number of benzene rings is 1. The number of nitrogens with one attached hydrogen (secondary N) is 1. The number of nitrogens with zero attached hydrogens (tertiary/aromatic N) is 1. The summed E-state index contributed by atoms with van der Waals surface area (Å²) >= 11 is 0. The topological polar surface area (TPSA) is 111 Å². The summed E-state index contributed by atoms with van der Waals surface area (Å²) in [5, 5.41) is 2.58. The lowest BCUT2D eigenvalue weighted by molar-refractivity contribution is -0.145. The molecule has 1 aromatic carbocycles. The Morgan fingerprint density at radius 3 is 2.85 bits per heavy atom. The third-order valence-corrected chi connectivity index (χ3v) is 5.80. The van der Waals surface area contributed by atoms with Crippen LogP contribution < -0.4 is 20.5 Å². The van der Waals surface area contributed by atoms with Crippen molar-refractivity contribution >= 4 is 17.7 Å². The van der Waals surface area contributed by atoms with E-state index in [9.17, 15) is 14.4 Å². The van der Waals surface area contributed by atoms with E-state index in [0.29, 0.717) is 30.4 Å². The van der Waals surface area contributed by atoms with Crippen molar-refractivity contribution in [2.24, 2.45) is 23.5 Å². The van der Waals surface area contributed by atoms with E-state index < -0.39 is 5.91 Å². The highest BCUT2D eigenvalue weighted by Gasteiger charge is 2.48. The van der Waals surface area contributed by atoms with Crippen molar-refractivity contribution in [3.63, 3.8) is 0 Å². The molecule has 0 bridgehead atoms. The summed E-state index contributed by atoms with van der Waals surface area (Å²) in [4.78, 5) is 37.6. The average molecular weight is 373 g/mol. The average Bonchev–Trinajstić information content (AvgIpc) is 3.08. The number of fused-ring (bicyclic) bond motifs is 2. The minimum absolute atomic E-state index is 0.0514. The van der Waals surface area contributed by atoms with Crippen molar-refractivity contribution in [1.29, 1.82) is 0 Å². The smallest absolute Gasteiger partial charge is 0.236 e. The van der Waals surface area contributed by atoms with E-state index >= 15 is 0 Å². The van der Waals surface area contributed by atoms with Gasteiger partial charge in [-0.3, -0.25) is 14.4 Å². The molecule has 0 unspecified atom stereocenters. The SMILES string of the molecule is NC(=O)CNC(=O)[C@@H]1C[C@H]2CCN(C(=O)Cc3ccc4c(c3)OCO4)C[C@H]21. The van der Waals surface area contributed by atoms with Crippen LogP contribution in [0.5, 0.6) is 11.5 Å². The lowest BCUT2D eigenvalue weighted by Gasteiger charge is -2.50. The minimum atomic E-state index is -0.552. The maximum atomic E-state index is 12.7. The Kier molecular flexibility index (Phi) is 4.63. The fourth-order valence-corrected chi connectivity index (χ4v) is 4.25. The molecule has 1 aliphatic carbocycles. The number of piperidine rings is 1. The summed E-state index contributed by atoms with van der Waals surface area (Å²) < 4.78 is 10.7.